The monoisotopic (exact) mass is 318 g/mol. The molecular formula is C16H14O5S. The summed E-state index contributed by atoms with van der Waals surface area (Å²) in [4.78, 5) is 22.4. The Bertz CT molecular complexity index is 590. The quantitative estimate of drug-likeness (QED) is 0.602. The minimum atomic E-state index is -0.966. The van der Waals surface area contributed by atoms with Gasteiger partial charge >= 0.3 is 11.9 Å². The Morgan fingerprint density at radius 3 is 1.86 bits per heavy atom. The molecule has 0 atom stereocenters. The number of hydrogen-bond acceptors (Lipinski definition) is 4. The van der Waals surface area contributed by atoms with E-state index in [2.05, 4.69) is 0 Å². The molecule has 2 N–H and O–H groups in total. The van der Waals surface area contributed by atoms with Crippen LogP contribution in [-0.4, -0.2) is 34.5 Å². The molecule has 0 heterocycles. The van der Waals surface area contributed by atoms with Gasteiger partial charge in [-0.2, -0.15) is 0 Å². The maximum absolute atomic E-state index is 10.7. The SMILES string of the molecule is O=C(O)c1ccc(OCCSc2ccc(C(=O)O)cc2)cc1. The number of carbonyl (C=O) groups is 2. The third kappa shape index (κ3) is 4.53. The number of hydrogen-bond donors (Lipinski definition) is 2. The number of aromatic carboxylic acids is 2. The van der Waals surface area contributed by atoms with E-state index >= 15 is 0 Å². The number of rotatable bonds is 7. The van der Waals surface area contributed by atoms with E-state index in [1.54, 1.807) is 48.2 Å². The zero-order valence-corrected chi connectivity index (χ0v) is 12.4. The number of benzene rings is 2. The lowest BCUT2D eigenvalue weighted by molar-refractivity contribution is 0.0686. The van der Waals surface area contributed by atoms with Gasteiger partial charge in [-0.15, -0.1) is 11.8 Å². The molecule has 0 spiro atoms. The minimum absolute atomic E-state index is 0.222. The van der Waals surface area contributed by atoms with Gasteiger partial charge in [0.05, 0.1) is 17.7 Å². The first-order valence-electron chi connectivity index (χ1n) is 6.48. The van der Waals surface area contributed by atoms with Crippen molar-refractivity contribution in [3.8, 4) is 5.75 Å². The van der Waals surface area contributed by atoms with Crippen LogP contribution in [-0.2, 0) is 0 Å². The lowest BCUT2D eigenvalue weighted by Crippen LogP contribution is -2.01. The Balaban J connectivity index is 1.77. The van der Waals surface area contributed by atoms with Gasteiger partial charge in [0, 0.05) is 10.6 Å². The zero-order valence-electron chi connectivity index (χ0n) is 11.6. The first-order chi connectivity index (χ1) is 10.6. The summed E-state index contributed by atoms with van der Waals surface area (Å²) in [6.45, 7) is 0.470. The maximum Gasteiger partial charge on any atom is 0.335 e. The van der Waals surface area contributed by atoms with Gasteiger partial charge in [0.1, 0.15) is 5.75 Å². The van der Waals surface area contributed by atoms with Gasteiger partial charge in [0.15, 0.2) is 0 Å². The third-order valence-corrected chi connectivity index (χ3v) is 3.80. The minimum Gasteiger partial charge on any atom is -0.493 e. The van der Waals surface area contributed by atoms with Crippen LogP contribution >= 0.6 is 11.8 Å². The molecule has 0 saturated heterocycles. The molecule has 2 rings (SSSR count). The summed E-state index contributed by atoms with van der Waals surface area (Å²) in [6, 6.07) is 12.9. The number of ether oxygens (including phenoxy) is 1. The summed E-state index contributed by atoms with van der Waals surface area (Å²) in [5.74, 6) is -0.587. The fraction of sp³-hybridized carbons (Fsp3) is 0.125. The van der Waals surface area contributed by atoms with Crippen LogP contribution < -0.4 is 4.74 Å². The smallest absolute Gasteiger partial charge is 0.335 e. The van der Waals surface area contributed by atoms with Crippen LogP contribution in [0.5, 0.6) is 5.75 Å². The molecule has 0 bridgehead atoms. The van der Waals surface area contributed by atoms with Crippen molar-refractivity contribution in [3.05, 3.63) is 59.7 Å². The van der Waals surface area contributed by atoms with E-state index in [-0.39, 0.29) is 11.1 Å². The first-order valence-corrected chi connectivity index (χ1v) is 7.47. The van der Waals surface area contributed by atoms with Gasteiger partial charge in [0.2, 0.25) is 0 Å². The fourth-order valence-electron chi connectivity index (χ4n) is 1.71. The van der Waals surface area contributed by atoms with E-state index in [9.17, 15) is 9.59 Å². The molecular weight excluding hydrogens is 304 g/mol. The van der Waals surface area contributed by atoms with Gasteiger partial charge in [-0.05, 0) is 48.5 Å². The average molecular weight is 318 g/mol. The van der Waals surface area contributed by atoms with Crippen LogP contribution in [0.15, 0.2) is 53.4 Å². The van der Waals surface area contributed by atoms with Crippen molar-refractivity contribution in [1.29, 1.82) is 0 Å². The van der Waals surface area contributed by atoms with Crippen molar-refractivity contribution in [2.75, 3.05) is 12.4 Å². The van der Waals surface area contributed by atoms with Crippen LogP contribution in [0.2, 0.25) is 0 Å². The molecule has 6 heteroatoms. The van der Waals surface area contributed by atoms with Crippen LogP contribution in [0.1, 0.15) is 20.7 Å². The fourth-order valence-corrected chi connectivity index (χ4v) is 2.44. The van der Waals surface area contributed by atoms with Crippen molar-refractivity contribution in [3.63, 3.8) is 0 Å². The van der Waals surface area contributed by atoms with Crippen molar-refractivity contribution in [2.45, 2.75) is 4.90 Å². The molecule has 5 nitrogen and oxygen atoms in total. The Labute approximate surface area is 131 Å². The molecule has 0 aromatic heterocycles. The summed E-state index contributed by atoms with van der Waals surface area (Å²) in [6.07, 6.45) is 0. The summed E-state index contributed by atoms with van der Waals surface area (Å²) >= 11 is 1.56. The molecule has 0 aliphatic rings. The highest BCUT2D eigenvalue weighted by atomic mass is 32.2. The highest BCUT2D eigenvalue weighted by molar-refractivity contribution is 7.99. The Kier molecular flexibility index (Phi) is 5.43. The van der Waals surface area contributed by atoms with Crippen molar-refractivity contribution < 1.29 is 24.5 Å². The van der Waals surface area contributed by atoms with Crippen LogP contribution in [0, 0.1) is 0 Å². The van der Waals surface area contributed by atoms with E-state index in [0.29, 0.717) is 18.1 Å². The Morgan fingerprint density at radius 1 is 0.864 bits per heavy atom. The number of carboxylic acid groups (broad SMARTS) is 2. The van der Waals surface area contributed by atoms with Crippen LogP contribution in [0.25, 0.3) is 0 Å². The second kappa shape index (κ2) is 7.51. The van der Waals surface area contributed by atoms with Crippen molar-refractivity contribution in [2.24, 2.45) is 0 Å². The molecule has 114 valence electrons. The van der Waals surface area contributed by atoms with E-state index in [0.717, 1.165) is 4.90 Å². The zero-order chi connectivity index (χ0) is 15.9. The molecule has 0 aliphatic heterocycles. The lowest BCUT2D eigenvalue weighted by Gasteiger charge is -2.06. The van der Waals surface area contributed by atoms with Gasteiger partial charge in [0.25, 0.3) is 0 Å². The first kappa shape index (κ1) is 15.9. The molecule has 0 amide bonds. The maximum atomic E-state index is 10.7. The van der Waals surface area contributed by atoms with Gasteiger partial charge in [-0.1, -0.05) is 0 Å². The molecule has 0 radical (unpaired) electrons. The Hall–Kier alpha value is -2.47. The predicted molar refractivity (Wildman–Crippen MR) is 83.0 cm³/mol. The van der Waals surface area contributed by atoms with Gasteiger partial charge < -0.3 is 14.9 Å². The summed E-state index contributed by atoms with van der Waals surface area (Å²) in [5, 5.41) is 17.6. The molecule has 2 aromatic carbocycles. The largest absolute Gasteiger partial charge is 0.493 e. The molecule has 0 unspecified atom stereocenters. The molecule has 0 saturated carbocycles. The summed E-state index contributed by atoms with van der Waals surface area (Å²) < 4.78 is 5.52. The lowest BCUT2D eigenvalue weighted by atomic mass is 10.2. The second-order valence-corrected chi connectivity index (χ2v) is 5.52. The van der Waals surface area contributed by atoms with Crippen LogP contribution in [0.3, 0.4) is 0 Å². The van der Waals surface area contributed by atoms with E-state index in [1.807, 2.05) is 0 Å². The van der Waals surface area contributed by atoms with E-state index < -0.39 is 11.9 Å². The van der Waals surface area contributed by atoms with Crippen LogP contribution in [0.4, 0.5) is 0 Å². The highest BCUT2D eigenvalue weighted by Gasteiger charge is 2.03. The predicted octanol–water partition coefficient (Wildman–Crippen LogP) is 3.25. The van der Waals surface area contributed by atoms with Gasteiger partial charge in [-0.25, -0.2) is 9.59 Å². The Morgan fingerprint density at radius 2 is 1.36 bits per heavy atom. The third-order valence-electron chi connectivity index (χ3n) is 2.82. The summed E-state index contributed by atoms with van der Waals surface area (Å²) in [7, 11) is 0. The van der Waals surface area contributed by atoms with Gasteiger partial charge in [-0.3, -0.25) is 0 Å². The average Bonchev–Trinajstić information content (AvgIpc) is 2.52. The van der Waals surface area contributed by atoms with Crippen molar-refractivity contribution >= 4 is 23.7 Å². The number of thioether (sulfide) groups is 1. The second-order valence-electron chi connectivity index (χ2n) is 4.36. The van der Waals surface area contributed by atoms with Crippen molar-refractivity contribution in [1.82, 2.24) is 0 Å². The highest BCUT2D eigenvalue weighted by Crippen LogP contribution is 2.19. The normalized spacial score (nSPS) is 10.2. The topological polar surface area (TPSA) is 83.8 Å². The molecule has 0 aliphatic carbocycles. The molecule has 22 heavy (non-hydrogen) atoms. The standard InChI is InChI=1S/C16H14O5S/c17-15(18)11-1-5-13(6-2-11)21-9-10-22-14-7-3-12(4-8-14)16(19)20/h1-8H,9-10H2,(H,17,18)(H,19,20). The van der Waals surface area contributed by atoms with E-state index in [4.69, 9.17) is 14.9 Å². The van der Waals surface area contributed by atoms with E-state index in [1.165, 1.54) is 12.1 Å². The summed E-state index contributed by atoms with van der Waals surface area (Å²) in [5.41, 5.74) is 0.486. The molecule has 0 fully saturated rings. The molecule has 2 aromatic rings. The number of carboxylic acids is 2.